The van der Waals surface area contributed by atoms with Gasteiger partial charge in [0.05, 0.1) is 13.2 Å². The van der Waals surface area contributed by atoms with Crippen LogP contribution in [0.5, 0.6) is 11.5 Å². The molecule has 0 radical (unpaired) electrons. The first-order valence-corrected chi connectivity index (χ1v) is 6.43. The Labute approximate surface area is 120 Å². The van der Waals surface area contributed by atoms with Crippen LogP contribution in [-0.4, -0.2) is 40.6 Å². The third-order valence-corrected chi connectivity index (χ3v) is 2.67. The molecular formula is C16H22O4. The van der Waals surface area contributed by atoms with Crippen molar-refractivity contribution in [3.63, 3.8) is 0 Å². The summed E-state index contributed by atoms with van der Waals surface area (Å²) in [6, 6.07) is 3.78. The topological polar surface area (TPSA) is 36.9 Å². The fraction of sp³-hybridized carbons (Fsp3) is 0.375. The Hall–Kier alpha value is -1.78. The molecule has 0 N–H and O–H groups in total. The molecule has 110 valence electrons. The van der Waals surface area contributed by atoms with Crippen LogP contribution in [0.1, 0.15) is 11.1 Å². The van der Waals surface area contributed by atoms with Crippen molar-refractivity contribution in [2.24, 2.45) is 0 Å². The van der Waals surface area contributed by atoms with Gasteiger partial charge in [0.2, 0.25) is 0 Å². The largest absolute Gasteiger partial charge is 0.491 e. The lowest BCUT2D eigenvalue weighted by molar-refractivity contribution is 0.144. The van der Waals surface area contributed by atoms with Gasteiger partial charge in [-0.3, -0.25) is 0 Å². The van der Waals surface area contributed by atoms with Crippen molar-refractivity contribution in [1.82, 2.24) is 0 Å². The zero-order valence-electron chi connectivity index (χ0n) is 12.2. The number of hydrogen-bond acceptors (Lipinski definition) is 4. The quantitative estimate of drug-likeness (QED) is 0.616. The first-order chi connectivity index (χ1) is 9.76. The number of methoxy groups -OCH3 is 2. The Balaban J connectivity index is 2.91. The fourth-order valence-corrected chi connectivity index (χ4v) is 1.63. The van der Waals surface area contributed by atoms with E-state index in [1.54, 1.807) is 26.4 Å². The second kappa shape index (κ2) is 9.18. The summed E-state index contributed by atoms with van der Waals surface area (Å²) in [5.74, 6) is 1.48. The number of benzene rings is 1. The Morgan fingerprint density at radius 1 is 0.800 bits per heavy atom. The molecule has 0 unspecified atom stereocenters. The van der Waals surface area contributed by atoms with Crippen LogP contribution in [0.15, 0.2) is 25.3 Å². The van der Waals surface area contributed by atoms with E-state index in [9.17, 15) is 0 Å². The summed E-state index contributed by atoms with van der Waals surface area (Å²) in [4.78, 5) is 0. The Morgan fingerprint density at radius 2 is 1.20 bits per heavy atom. The third kappa shape index (κ3) is 4.72. The molecule has 0 aliphatic heterocycles. The number of rotatable bonds is 10. The van der Waals surface area contributed by atoms with E-state index >= 15 is 0 Å². The van der Waals surface area contributed by atoms with Gasteiger partial charge >= 0.3 is 0 Å². The molecule has 0 amide bonds. The van der Waals surface area contributed by atoms with E-state index in [2.05, 4.69) is 13.2 Å². The van der Waals surface area contributed by atoms with E-state index in [1.807, 2.05) is 12.1 Å². The van der Waals surface area contributed by atoms with Crippen molar-refractivity contribution in [3.05, 3.63) is 36.4 Å². The molecule has 0 spiro atoms. The maximum Gasteiger partial charge on any atom is 0.127 e. The average Bonchev–Trinajstić information content (AvgIpc) is 2.48. The lowest BCUT2D eigenvalue weighted by Gasteiger charge is -2.14. The molecular weight excluding hydrogens is 256 g/mol. The average molecular weight is 278 g/mol. The standard InChI is InChI=1S/C16H22O4/c1-5-13-11-16(20-10-8-18-4)14(6-2)12-15(13)19-9-7-17-3/h5-6,11-12H,1-2,7-10H2,3-4H3. The summed E-state index contributed by atoms with van der Waals surface area (Å²) >= 11 is 0. The van der Waals surface area contributed by atoms with E-state index < -0.39 is 0 Å². The highest BCUT2D eigenvalue weighted by Gasteiger charge is 2.09. The first kappa shape index (κ1) is 16.3. The highest BCUT2D eigenvalue weighted by molar-refractivity contribution is 5.66. The normalized spacial score (nSPS) is 10.1. The van der Waals surface area contributed by atoms with Gasteiger partial charge < -0.3 is 18.9 Å². The molecule has 1 aromatic rings. The van der Waals surface area contributed by atoms with Crippen LogP contribution in [-0.2, 0) is 9.47 Å². The first-order valence-electron chi connectivity index (χ1n) is 6.43. The van der Waals surface area contributed by atoms with Crippen molar-refractivity contribution in [2.75, 3.05) is 40.6 Å². The summed E-state index contributed by atoms with van der Waals surface area (Å²) in [7, 11) is 3.28. The van der Waals surface area contributed by atoms with Crippen LogP contribution in [0.25, 0.3) is 12.2 Å². The monoisotopic (exact) mass is 278 g/mol. The maximum atomic E-state index is 5.67. The minimum absolute atomic E-state index is 0.484. The summed E-state index contributed by atoms with van der Waals surface area (Å²) in [6.07, 6.45) is 3.47. The number of ether oxygens (including phenoxy) is 4. The van der Waals surface area contributed by atoms with E-state index in [0.717, 1.165) is 22.6 Å². The molecule has 4 nitrogen and oxygen atoms in total. The highest BCUT2D eigenvalue weighted by Crippen LogP contribution is 2.30. The van der Waals surface area contributed by atoms with Gasteiger partial charge in [0, 0.05) is 25.3 Å². The van der Waals surface area contributed by atoms with Crippen LogP contribution in [0.4, 0.5) is 0 Å². The molecule has 20 heavy (non-hydrogen) atoms. The smallest absolute Gasteiger partial charge is 0.127 e. The van der Waals surface area contributed by atoms with E-state index in [-0.39, 0.29) is 0 Å². The molecule has 0 atom stereocenters. The summed E-state index contributed by atoms with van der Waals surface area (Å²) in [5.41, 5.74) is 1.75. The molecule has 0 saturated carbocycles. The minimum Gasteiger partial charge on any atom is -0.491 e. The van der Waals surface area contributed by atoms with Crippen LogP contribution in [0.3, 0.4) is 0 Å². The highest BCUT2D eigenvalue weighted by atomic mass is 16.5. The van der Waals surface area contributed by atoms with Crippen molar-refractivity contribution < 1.29 is 18.9 Å². The Morgan fingerprint density at radius 3 is 1.50 bits per heavy atom. The van der Waals surface area contributed by atoms with Crippen molar-refractivity contribution in [1.29, 1.82) is 0 Å². The molecule has 0 bridgehead atoms. The van der Waals surface area contributed by atoms with Gasteiger partial charge in [-0.2, -0.15) is 0 Å². The molecule has 0 saturated heterocycles. The summed E-state index contributed by atoms with van der Waals surface area (Å²) in [5, 5.41) is 0. The van der Waals surface area contributed by atoms with Gasteiger partial charge in [0.15, 0.2) is 0 Å². The van der Waals surface area contributed by atoms with Crippen LogP contribution < -0.4 is 9.47 Å². The maximum absolute atomic E-state index is 5.67. The van der Waals surface area contributed by atoms with Gasteiger partial charge in [0.1, 0.15) is 24.7 Å². The summed E-state index contributed by atoms with van der Waals surface area (Å²) in [6.45, 7) is 9.63. The lowest BCUT2D eigenvalue weighted by Crippen LogP contribution is -2.07. The van der Waals surface area contributed by atoms with Gasteiger partial charge in [-0.25, -0.2) is 0 Å². The molecule has 0 aliphatic rings. The molecule has 4 heteroatoms. The van der Waals surface area contributed by atoms with Crippen molar-refractivity contribution >= 4 is 12.2 Å². The Kier molecular flexibility index (Phi) is 7.47. The van der Waals surface area contributed by atoms with E-state index in [4.69, 9.17) is 18.9 Å². The second-order valence-electron chi connectivity index (χ2n) is 4.02. The van der Waals surface area contributed by atoms with Gasteiger partial charge in [0.25, 0.3) is 0 Å². The van der Waals surface area contributed by atoms with Crippen molar-refractivity contribution in [2.45, 2.75) is 0 Å². The fourth-order valence-electron chi connectivity index (χ4n) is 1.63. The molecule has 1 aromatic carbocycles. The predicted molar refractivity (Wildman–Crippen MR) is 81.4 cm³/mol. The molecule has 0 fully saturated rings. The molecule has 0 heterocycles. The van der Waals surface area contributed by atoms with E-state index in [1.165, 1.54) is 0 Å². The van der Waals surface area contributed by atoms with Crippen LogP contribution >= 0.6 is 0 Å². The van der Waals surface area contributed by atoms with Crippen LogP contribution in [0, 0.1) is 0 Å². The molecule has 1 rings (SSSR count). The lowest BCUT2D eigenvalue weighted by atomic mass is 10.1. The van der Waals surface area contributed by atoms with E-state index in [0.29, 0.717) is 26.4 Å². The van der Waals surface area contributed by atoms with Gasteiger partial charge in [-0.05, 0) is 12.1 Å². The van der Waals surface area contributed by atoms with Gasteiger partial charge in [-0.1, -0.05) is 25.3 Å². The second-order valence-corrected chi connectivity index (χ2v) is 4.02. The summed E-state index contributed by atoms with van der Waals surface area (Å²) < 4.78 is 21.3. The predicted octanol–water partition coefficient (Wildman–Crippen LogP) is 3.02. The molecule has 0 aliphatic carbocycles. The third-order valence-electron chi connectivity index (χ3n) is 2.67. The zero-order valence-corrected chi connectivity index (χ0v) is 12.2. The minimum atomic E-state index is 0.484. The van der Waals surface area contributed by atoms with Crippen molar-refractivity contribution in [3.8, 4) is 11.5 Å². The zero-order chi connectivity index (χ0) is 14.8. The Bertz CT molecular complexity index is 399. The van der Waals surface area contributed by atoms with Crippen LogP contribution in [0.2, 0.25) is 0 Å². The number of hydrogen-bond donors (Lipinski definition) is 0. The van der Waals surface area contributed by atoms with Gasteiger partial charge in [-0.15, -0.1) is 0 Å². The SMILES string of the molecule is C=Cc1cc(OCCOC)c(C=C)cc1OCCOC. The molecule has 0 aromatic heterocycles.